The van der Waals surface area contributed by atoms with Gasteiger partial charge in [0.15, 0.2) is 0 Å². The Kier molecular flexibility index (Phi) is 9.10. The normalized spacial score (nSPS) is 23.9. The van der Waals surface area contributed by atoms with Crippen LogP contribution in [0, 0.1) is 41.2 Å². The third kappa shape index (κ3) is 7.05. The molecule has 0 spiro atoms. The summed E-state index contributed by atoms with van der Waals surface area (Å²) in [5.74, 6) is -0.769. The summed E-state index contributed by atoms with van der Waals surface area (Å²) in [6, 6.07) is 0. The van der Waals surface area contributed by atoms with Gasteiger partial charge in [-0.15, -0.1) is 0 Å². The number of nitro groups is 1. The number of hydrogen-bond donors (Lipinski definition) is 3. The Morgan fingerprint density at radius 2 is 1.91 bits per heavy atom. The predicted molar refractivity (Wildman–Crippen MR) is 118 cm³/mol. The molecule has 0 radical (unpaired) electrons. The summed E-state index contributed by atoms with van der Waals surface area (Å²) in [7, 11) is 0. The second kappa shape index (κ2) is 11.2. The molecule has 186 valence electrons. The maximum absolute atomic E-state index is 12.0. The van der Waals surface area contributed by atoms with Crippen LogP contribution in [0.15, 0.2) is 0 Å². The van der Waals surface area contributed by atoms with Crippen molar-refractivity contribution in [1.29, 1.82) is 0 Å². The van der Waals surface area contributed by atoms with Gasteiger partial charge in [-0.3, -0.25) is 14.9 Å². The first-order chi connectivity index (χ1) is 15.3. The van der Waals surface area contributed by atoms with Gasteiger partial charge >= 0.3 is 11.7 Å². The third-order valence-corrected chi connectivity index (χ3v) is 5.87. The summed E-state index contributed by atoms with van der Waals surface area (Å²) in [4.78, 5) is 31.1. The van der Waals surface area contributed by atoms with E-state index in [1.807, 2.05) is 0 Å². The van der Waals surface area contributed by atoms with Gasteiger partial charge in [-0.1, -0.05) is 0 Å². The van der Waals surface area contributed by atoms with Crippen molar-refractivity contribution >= 4 is 11.7 Å². The van der Waals surface area contributed by atoms with E-state index in [9.17, 15) is 25.1 Å². The van der Waals surface area contributed by atoms with E-state index in [0.29, 0.717) is 25.1 Å². The lowest BCUT2D eigenvalue weighted by molar-refractivity contribution is -0.387. The first-order valence-electron chi connectivity index (χ1n) is 11.2. The van der Waals surface area contributed by atoms with E-state index in [-0.39, 0.29) is 54.7 Å². The Morgan fingerprint density at radius 3 is 2.48 bits per heavy atom. The average molecular weight is 470 g/mol. The number of rotatable bonds is 10. The molecule has 3 N–H and O–H groups in total. The van der Waals surface area contributed by atoms with Gasteiger partial charge in [-0.25, -0.2) is 4.98 Å². The molecular formula is C22H35N3O8. The van der Waals surface area contributed by atoms with E-state index >= 15 is 0 Å². The number of carbonyl (C=O) groups is 1. The number of esters is 1. The second-order valence-electron chi connectivity index (χ2n) is 9.68. The maximum atomic E-state index is 12.0. The van der Waals surface area contributed by atoms with Crippen molar-refractivity contribution in [3.63, 3.8) is 0 Å². The molecule has 1 aliphatic rings. The van der Waals surface area contributed by atoms with Crippen LogP contribution in [0.25, 0.3) is 0 Å². The number of hydrogen-bond acceptors (Lipinski definition) is 10. The van der Waals surface area contributed by atoms with Crippen LogP contribution in [0.5, 0.6) is 5.88 Å². The van der Waals surface area contributed by atoms with Gasteiger partial charge in [0.05, 0.1) is 35.8 Å². The van der Waals surface area contributed by atoms with Gasteiger partial charge in [0.2, 0.25) is 0 Å². The molecule has 11 nitrogen and oxygen atoms in total. The van der Waals surface area contributed by atoms with Gasteiger partial charge in [0.25, 0.3) is 5.88 Å². The number of ether oxygens (including phenoxy) is 2. The fourth-order valence-electron chi connectivity index (χ4n) is 4.06. The van der Waals surface area contributed by atoms with E-state index in [1.165, 1.54) is 6.92 Å². The van der Waals surface area contributed by atoms with Crippen LogP contribution in [0.3, 0.4) is 0 Å². The highest BCUT2D eigenvalue weighted by atomic mass is 16.6. The van der Waals surface area contributed by atoms with Crippen LogP contribution in [0.4, 0.5) is 5.69 Å². The van der Waals surface area contributed by atoms with Crippen molar-refractivity contribution in [3.8, 4) is 5.88 Å². The van der Waals surface area contributed by atoms with Gasteiger partial charge in [0.1, 0.15) is 17.6 Å². The van der Waals surface area contributed by atoms with Crippen molar-refractivity contribution in [2.45, 2.75) is 78.6 Å². The van der Waals surface area contributed by atoms with Gasteiger partial charge in [0, 0.05) is 0 Å². The van der Waals surface area contributed by atoms with Crippen LogP contribution >= 0.6 is 0 Å². The zero-order chi connectivity index (χ0) is 24.9. The minimum Gasteiger partial charge on any atom is -0.466 e. The Hall–Kier alpha value is -2.37. The Morgan fingerprint density at radius 1 is 1.24 bits per heavy atom. The smallest absolute Gasteiger partial charge is 0.351 e. The average Bonchev–Trinajstić information content (AvgIpc) is 2.99. The highest BCUT2D eigenvalue weighted by Gasteiger charge is 2.45. The summed E-state index contributed by atoms with van der Waals surface area (Å²) < 4.78 is 11.3. The molecule has 1 aliphatic carbocycles. The molecule has 0 aromatic carbocycles. The largest absolute Gasteiger partial charge is 0.466 e. The number of aliphatic hydroxyl groups excluding tert-OH is 3. The number of nitrogens with zero attached hydrogens (tertiary/aromatic N) is 3. The van der Waals surface area contributed by atoms with Gasteiger partial charge < -0.3 is 24.8 Å². The summed E-state index contributed by atoms with van der Waals surface area (Å²) in [6.45, 7) is 8.09. The molecular weight excluding hydrogens is 434 g/mol. The zero-order valence-electron chi connectivity index (χ0n) is 19.9. The van der Waals surface area contributed by atoms with Crippen LogP contribution in [0.2, 0.25) is 0 Å². The van der Waals surface area contributed by atoms with Gasteiger partial charge in [-0.2, -0.15) is 4.98 Å². The highest BCUT2D eigenvalue weighted by Crippen LogP contribution is 2.40. The summed E-state index contributed by atoms with van der Waals surface area (Å²) >= 11 is 0. The quantitative estimate of drug-likeness (QED) is 0.261. The maximum Gasteiger partial charge on any atom is 0.351 e. The molecule has 1 heterocycles. The molecule has 33 heavy (non-hydrogen) atoms. The monoisotopic (exact) mass is 469 g/mol. The molecule has 5 atom stereocenters. The number of aliphatic hydroxyl groups is 3. The van der Waals surface area contributed by atoms with Gasteiger partial charge in [-0.05, 0) is 72.1 Å². The topological polar surface area (TPSA) is 165 Å². The fourth-order valence-corrected chi connectivity index (χ4v) is 4.06. The lowest BCUT2D eigenvalue weighted by atomic mass is 9.96. The standard InChI is InChI=1S/C22H35N3O8/c1-12-17(25(30)31)20(24-13(2)23-12)33-19-15(6-7-16(27)11-26)10-14(18(19)28)8-9-32-21(29)22(3,4)5/h14-16,18-19,26-28H,6-11H2,1-5H3/t14-,15-,16?,18+,19-/m0/s1. The van der Waals surface area contributed by atoms with E-state index in [0.717, 1.165) is 0 Å². The number of aryl methyl sites for hydroxylation is 2. The lowest BCUT2D eigenvalue weighted by Crippen LogP contribution is -2.35. The minimum atomic E-state index is -0.982. The molecule has 1 fully saturated rings. The molecule has 0 saturated heterocycles. The Balaban J connectivity index is 2.20. The summed E-state index contributed by atoms with van der Waals surface area (Å²) in [5.41, 5.74) is -0.831. The Bertz CT molecular complexity index is 842. The molecule has 1 unspecified atom stereocenters. The van der Waals surface area contributed by atoms with Crippen molar-refractivity contribution < 1.29 is 34.5 Å². The van der Waals surface area contributed by atoms with Crippen molar-refractivity contribution in [2.75, 3.05) is 13.2 Å². The van der Waals surface area contributed by atoms with Crippen molar-refractivity contribution in [2.24, 2.45) is 17.3 Å². The van der Waals surface area contributed by atoms with E-state index in [1.54, 1.807) is 27.7 Å². The van der Waals surface area contributed by atoms with Crippen LogP contribution < -0.4 is 4.74 Å². The molecule has 0 aliphatic heterocycles. The van der Waals surface area contributed by atoms with Crippen LogP contribution in [0.1, 0.15) is 58.0 Å². The predicted octanol–water partition coefficient (Wildman–Crippen LogP) is 1.86. The summed E-state index contributed by atoms with van der Waals surface area (Å²) in [6.07, 6.45) is -1.09. The van der Waals surface area contributed by atoms with E-state index in [2.05, 4.69) is 9.97 Å². The number of aromatic nitrogens is 2. The SMILES string of the molecule is Cc1nc(C)c([N+](=O)[O-])c(O[C@H]2[C@@H](CCC(O)CO)C[C@H](CCOC(=O)C(C)(C)C)[C@H]2O)n1. The zero-order valence-corrected chi connectivity index (χ0v) is 19.9. The first kappa shape index (κ1) is 26.9. The number of carbonyl (C=O) groups excluding carboxylic acids is 1. The van der Waals surface area contributed by atoms with Crippen LogP contribution in [-0.4, -0.2) is 67.7 Å². The highest BCUT2D eigenvalue weighted by molar-refractivity contribution is 5.75. The van der Waals surface area contributed by atoms with Crippen molar-refractivity contribution in [3.05, 3.63) is 21.6 Å². The summed E-state index contributed by atoms with van der Waals surface area (Å²) in [5, 5.41) is 41.5. The molecule has 11 heteroatoms. The van der Waals surface area contributed by atoms with Crippen molar-refractivity contribution in [1.82, 2.24) is 9.97 Å². The first-order valence-corrected chi connectivity index (χ1v) is 11.2. The van der Waals surface area contributed by atoms with E-state index < -0.39 is 28.7 Å². The Labute approximate surface area is 193 Å². The lowest BCUT2D eigenvalue weighted by Gasteiger charge is -2.24. The molecule has 0 amide bonds. The fraction of sp³-hybridized carbons (Fsp3) is 0.773. The third-order valence-electron chi connectivity index (χ3n) is 5.87. The molecule has 1 aromatic heterocycles. The molecule has 1 aromatic rings. The van der Waals surface area contributed by atoms with E-state index in [4.69, 9.17) is 14.6 Å². The molecule has 2 rings (SSSR count). The second-order valence-corrected chi connectivity index (χ2v) is 9.68. The van der Waals surface area contributed by atoms with Crippen LogP contribution in [-0.2, 0) is 9.53 Å². The molecule has 1 saturated carbocycles. The minimum absolute atomic E-state index is 0.127. The molecule has 0 bridgehead atoms.